The maximum atomic E-state index is 12.6. The minimum absolute atomic E-state index is 0.269. The van der Waals surface area contributed by atoms with Crippen molar-refractivity contribution in [3.05, 3.63) is 81.8 Å². The lowest BCUT2D eigenvalue weighted by atomic mass is 10.2. The molecule has 0 bridgehead atoms. The van der Waals surface area contributed by atoms with Gasteiger partial charge in [-0.05, 0) is 65.2 Å². The number of methoxy groups -OCH3 is 1. The Kier molecular flexibility index (Phi) is 10.1. The van der Waals surface area contributed by atoms with Crippen LogP contribution in [0.1, 0.15) is 23.6 Å². The molecular formula is C27H30BrN3O6S. The molecule has 38 heavy (non-hydrogen) atoms. The third kappa shape index (κ3) is 7.96. The summed E-state index contributed by atoms with van der Waals surface area (Å²) in [6.07, 6.45) is 2.45. The summed E-state index contributed by atoms with van der Waals surface area (Å²) in [6.45, 7) is 4.05. The average Bonchev–Trinajstić information content (AvgIpc) is 2.87. The van der Waals surface area contributed by atoms with Crippen molar-refractivity contribution in [2.24, 2.45) is 5.10 Å². The van der Waals surface area contributed by atoms with E-state index in [1.54, 1.807) is 43.3 Å². The maximum Gasteiger partial charge on any atom is 0.260 e. The van der Waals surface area contributed by atoms with Crippen molar-refractivity contribution in [3.63, 3.8) is 0 Å². The summed E-state index contributed by atoms with van der Waals surface area (Å²) in [4.78, 5) is 12.6. The van der Waals surface area contributed by atoms with Crippen LogP contribution in [-0.2, 0) is 21.4 Å². The van der Waals surface area contributed by atoms with Crippen LogP contribution in [0, 0.1) is 6.92 Å². The highest BCUT2D eigenvalue weighted by Gasteiger charge is 2.23. The summed E-state index contributed by atoms with van der Waals surface area (Å²) in [6, 6.07) is 18.1. The second-order valence-electron chi connectivity index (χ2n) is 8.27. The fraction of sp³-hybridized carbons (Fsp3) is 0.259. The average molecular weight is 605 g/mol. The molecule has 3 aromatic rings. The summed E-state index contributed by atoms with van der Waals surface area (Å²) in [7, 11) is -2.24. The molecule has 0 spiro atoms. The number of benzene rings is 3. The molecule has 1 amide bonds. The lowest BCUT2D eigenvalue weighted by Gasteiger charge is -2.23. The first-order valence-corrected chi connectivity index (χ1v) is 14.3. The monoisotopic (exact) mass is 603 g/mol. The van der Waals surface area contributed by atoms with Gasteiger partial charge in [-0.2, -0.15) is 5.10 Å². The van der Waals surface area contributed by atoms with Crippen molar-refractivity contribution in [1.82, 2.24) is 5.43 Å². The summed E-state index contributed by atoms with van der Waals surface area (Å²) >= 11 is 3.51. The summed E-state index contributed by atoms with van der Waals surface area (Å²) in [5.41, 5.74) is 5.45. The van der Waals surface area contributed by atoms with E-state index in [4.69, 9.17) is 14.2 Å². The highest BCUT2D eigenvalue weighted by atomic mass is 79.9. The Morgan fingerprint density at radius 2 is 1.79 bits per heavy atom. The van der Waals surface area contributed by atoms with E-state index in [0.717, 1.165) is 16.1 Å². The first kappa shape index (κ1) is 29.0. The van der Waals surface area contributed by atoms with Gasteiger partial charge in [0.05, 0.1) is 36.3 Å². The molecule has 0 aliphatic rings. The number of carbonyl (C=O) groups excluding carboxylic acids is 1. The molecule has 9 nitrogen and oxygen atoms in total. The standard InChI is InChI=1S/C27H30BrN3O6S/c1-5-36-24-9-7-6-8-23(24)31(38(4,33)34)17-26(32)30-29-16-21-14-22(28)27(25(15-21)35-3)37-18-20-12-10-19(2)11-13-20/h6-16H,5,17-18H2,1-4H3,(H,30,32)/b29-16-. The zero-order valence-electron chi connectivity index (χ0n) is 21.6. The van der Waals surface area contributed by atoms with Gasteiger partial charge in [-0.1, -0.05) is 42.0 Å². The van der Waals surface area contributed by atoms with Gasteiger partial charge in [0.15, 0.2) is 11.5 Å². The number of nitrogens with one attached hydrogen (secondary N) is 1. The van der Waals surface area contributed by atoms with Crippen LogP contribution < -0.4 is 23.9 Å². The van der Waals surface area contributed by atoms with Crippen molar-refractivity contribution in [3.8, 4) is 17.2 Å². The SMILES string of the molecule is CCOc1ccccc1N(CC(=O)N/N=C\c1cc(Br)c(OCc2ccc(C)cc2)c(OC)c1)S(C)(=O)=O. The molecule has 0 fully saturated rings. The molecule has 0 aliphatic heterocycles. The smallest absolute Gasteiger partial charge is 0.260 e. The number of hydrogen-bond acceptors (Lipinski definition) is 7. The third-order valence-corrected chi connectivity index (χ3v) is 7.00. The molecule has 3 aromatic carbocycles. The van der Waals surface area contributed by atoms with E-state index in [9.17, 15) is 13.2 Å². The minimum atomic E-state index is -3.77. The van der Waals surface area contributed by atoms with Crippen LogP contribution in [0.15, 0.2) is 70.2 Å². The van der Waals surface area contributed by atoms with E-state index in [2.05, 4.69) is 26.5 Å². The number of anilines is 1. The Morgan fingerprint density at radius 3 is 2.45 bits per heavy atom. The van der Waals surface area contributed by atoms with E-state index in [-0.39, 0.29) is 5.69 Å². The number of halogens is 1. The quantitative estimate of drug-likeness (QED) is 0.238. The molecule has 0 atom stereocenters. The first-order chi connectivity index (χ1) is 18.1. The van der Waals surface area contributed by atoms with E-state index < -0.39 is 22.5 Å². The largest absolute Gasteiger partial charge is 0.493 e. The maximum absolute atomic E-state index is 12.6. The summed E-state index contributed by atoms with van der Waals surface area (Å²) < 4.78 is 43.5. The first-order valence-electron chi connectivity index (χ1n) is 11.7. The molecular weight excluding hydrogens is 574 g/mol. The van der Waals surface area contributed by atoms with Crippen molar-refractivity contribution in [2.45, 2.75) is 20.5 Å². The normalized spacial score (nSPS) is 11.3. The van der Waals surface area contributed by atoms with Crippen LogP contribution in [0.4, 0.5) is 5.69 Å². The second kappa shape index (κ2) is 13.3. The van der Waals surface area contributed by atoms with Gasteiger partial charge < -0.3 is 14.2 Å². The van der Waals surface area contributed by atoms with E-state index in [1.807, 2.05) is 31.2 Å². The topological polar surface area (TPSA) is 107 Å². The second-order valence-corrected chi connectivity index (χ2v) is 11.0. The third-order valence-electron chi connectivity index (χ3n) is 5.28. The summed E-state index contributed by atoms with van der Waals surface area (Å²) in [5.74, 6) is 0.751. The Bertz CT molecular complexity index is 1390. The number of carbonyl (C=O) groups is 1. The number of para-hydroxylation sites is 2. The van der Waals surface area contributed by atoms with Gasteiger partial charge in [0.25, 0.3) is 5.91 Å². The molecule has 11 heteroatoms. The van der Waals surface area contributed by atoms with Crippen LogP contribution in [-0.4, -0.2) is 47.1 Å². The van der Waals surface area contributed by atoms with E-state index in [0.29, 0.717) is 40.5 Å². The number of hydrogen-bond donors (Lipinski definition) is 1. The molecule has 0 saturated heterocycles. The van der Waals surface area contributed by atoms with E-state index in [1.165, 1.54) is 18.9 Å². The van der Waals surface area contributed by atoms with E-state index >= 15 is 0 Å². The van der Waals surface area contributed by atoms with Crippen LogP contribution in [0.25, 0.3) is 0 Å². The molecule has 0 heterocycles. The van der Waals surface area contributed by atoms with Crippen LogP contribution in [0.3, 0.4) is 0 Å². The van der Waals surface area contributed by atoms with Crippen molar-refractivity contribution >= 4 is 43.8 Å². The number of rotatable bonds is 12. The summed E-state index contributed by atoms with van der Waals surface area (Å²) in [5, 5.41) is 3.98. The van der Waals surface area contributed by atoms with Crippen molar-refractivity contribution in [2.75, 3.05) is 30.8 Å². The van der Waals surface area contributed by atoms with Gasteiger partial charge in [0, 0.05) is 0 Å². The van der Waals surface area contributed by atoms with Crippen molar-refractivity contribution in [1.29, 1.82) is 0 Å². The molecule has 0 aliphatic carbocycles. The lowest BCUT2D eigenvalue weighted by molar-refractivity contribution is -0.119. The van der Waals surface area contributed by atoms with Crippen LogP contribution in [0.2, 0.25) is 0 Å². The highest BCUT2D eigenvalue weighted by Crippen LogP contribution is 2.37. The number of aryl methyl sites for hydroxylation is 1. The van der Waals surface area contributed by atoms with Gasteiger partial charge >= 0.3 is 0 Å². The minimum Gasteiger partial charge on any atom is -0.493 e. The Hall–Kier alpha value is -3.57. The van der Waals surface area contributed by atoms with Gasteiger partial charge in [-0.25, -0.2) is 13.8 Å². The molecule has 1 N–H and O–H groups in total. The number of hydrazone groups is 1. The van der Waals surface area contributed by atoms with Gasteiger partial charge in [-0.3, -0.25) is 9.10 Å². The molecule has 0 unspecified atom stereocenters. The predicted octanol–water partition coefficient (Wildman–Crippen LogP) is 4.66. The van der Waals surface area contributed by atoms with Gasteiger partial charge in [0.1, 0.15) is 18.9 Å². The molecule has 0 aromatic heterocycles. The molecule has 0 saturated carbocycles. The number of amides is 1. The zero-order chi connectivity index (χ0) is 27.7. The van der Waals surface area contributed by atoms with Crippen molar-refractivity contribution < 1.29 is 27.4 Å². The van der Waals surface area contributed by atoms with Gasteiger partial charge in [0.2, 0.25) is 10.0 Å². The van der Waals surface area contributed by atoms with Gasteiger partial charge in [-0.15, -0.1) is 0 Å². The molecule has 0 radical (unpaired) electrons. The Balaban J connectivity index is 1.69. The number of sulfonamides is 1. The molecule has 202 valence electrons. The Labute approximate surface area is 231 Å². The van der Waals surface area contributed by atoms with Crippen LogP contribution >= 0.6 is 15.9 Å². The number of nitrogens with zero attached hydrogens (tertiary/aromatic N) is 2. The predicted molar refractivity (Wildman–Crippen MR) is 152 cm³/mol. The highest BCUT2D eigenvalue weighted by molar-refractivity contribution is 9.10. The fourth-order valence-electron chi connectivity index (χ4n) is 3.46. The number of ether oxygens (including phenoxy) is 3. The zero-order valence-corrected chi connectivity index (χ0v) is 24.0. The molecule has 3 rings (SSSR count). The fourth-order valence-corrected chi connectivity index (χ4v) is 4.89. The Morgan fingerprint density at radius 1 is 1.08 bits per heavy atom. The van der Waals surface area contributed by atoms with Crippen LogP contribution in [0.5, 0.6) is 17.2 Å². The lowest BCUT2D eigenvalue weighted by Crippen LogP contribution is -2.39.